The molecule has 2 rings (SSSR count). The predicted octanol–water partition coefficient (Wildman–Crippen LogP) is 2.56. The molecule has 1 N–H and O–H groups in total. The third-order valence-electron chi connectivity index (χ3n) is 2.73. The third-order valence-corrected chi connectivity index (χ3v) is 3.46. The zero-order chi connectivity index (χ0) is 11.4. The maximum Gasteiger partial charge on any atom is 0.0537 e. The van der Waals surface area contributed by atoms with E-state index >= 15 is 0 Å². The Kier molecular flexibility index (Phi) is 3.74. The van der Waals surface area contributed by atoms with Crippen LogP contribution in [-0.2, 0) is 19.6 Å². The number of hydrogen-bond acceptors (Lipinski definition) is 3. The van der Waals surface area contributed by atoms with E-state index in [9.17, 15) is 0 Å². The molecule has 3 nitrogen and oxygen atoms in total. The number of nitrogens with zero attached hydrogens (tertiary/aromatic N) is 2. The first-order valence-electron chi connectivity index (χ1n) is 5.54. The van der Waals surface area contributed by atoms with Gasteiger partial charge in [-0.1, -0.05) is 0 Å². The molecule has 0 bridgehead atoms. The van der Waals surface area contributed by atoms with E-state index < -0.39 is 0 Å². The van der Waals surface area contributed by atoms with Gasteiger partial charge in [0.1, 0.15) is 0 Å². The van der Waals surface area contributed by atoms with E-state index in [2.05, 4.69) is 41.1 Å². The van der Waals surface area contributed by atoms with Crippen LogP contribution in [0, 0.1) is 6.92 Å². The first kappa shape index (κ1) is 11.4. The Balaban J connectivity index is 1.87. The Morgan fingerprint density at radius 2 is 2.31 bits per heavy atom. The van der Waals surface area contributed by atoms with Crippen molar-refractivity contribution < 1.29 is 0 Å². The van der Waals surface area contributed by atoms with Crippen LogP contribution in [0.1, 0.15) is 23.7 Å². The van der Waals surface area contributed by atoms with Crippen molar-refractivity contribution in [3.63, 3.8) is 0 Å². The summed E-state index contributed by atoms with van der Waals surface area (Å²) in [4.78, 5) is 0. The fourth-order valence-electron chi connectivity index (χ4n) is 1.71. The molecule has 0 unspecified atom stereocenters. The molecule has 16 heavy (non-hydrogen) atoms. The minimum absolute atomic E-state index is 0.891. The Morgan fingerprint density at radius 3 is 2.94 bits per heavy atom. The third kappa shape index (κ3) is 2.51. The summed E-state index contributed by atoms with van der Waals surface area (Å²) in [5.41, 5.74) is 3.91. The van der Waals surface area contributed by atoms with Gasteiger partial charge in [0.15, 0.2) is 0 Å². The van der Waals surface area contributed by atoms with Crippen molar-refractivity contribution in [2.45, 2.75) is 33.5 Å². The first-order valence-corrected chi connectivity index (χ1v) is 6.48. The van der Waals surface area contributed by atoms with Gasteiger partial charge in [0.2, 0.25) is 0 Å². The van der Waals surface area contributed by atoms with Crippen molar-refractivity contribution in [3.8, 4) is 0 Å². The second-order valence-electron chi connectivity index (χ2n) is 3.81. The van der Waals surface area contributed by atoms with E-state index in [-0.39, 0.29) is 0 Å². The van der Waals surface area contributed by atoms with Gasteiger partial charge in [-0.3, -0.25) is 4.68 Å². The van der Waals surface area contributed by atoms with Gasteiger partial charge in [-0.05, 0) is 36.2 Å². The van der Waals surface area contributed by atoms with E-state index in [1.54, 1.807) is 11.3 Å². The lowest BCUT2D eigenvalue weighted by molar-refractivity contribution is 0.634. The predicted molar refractivity (Wildman–Crippen MR) is 67.5 cm³/mol. The summed E-state index contributed by atoms with van der Waals surface area (Å²) in [5, 5.41) is 12.0. The maximum atomic E-state index is 4.33. The van der Waals surface area contributed by atoms with Crippen LogP contribution in [-0.4, -0.2) is 9.78 Å². The fourth-order valence-corrected chi connectivity index (χ4v) is 2.38. The van der Waals surface area contributed by atoms with Crippen LogP contribution in [0.2, 0.25) is 0 Å². The standard InChI is InChI=1S/C12H17N3S/c1-3-15-10(2)12(8-14-15)7-13-6-11-4-5-16-9-11/h4-5,8-9,13H,3,6-7H2,1-2H3. The number of thiophene rings is 1. The highest BCUT2D eigenvalue weighted by Crippen LogP contribution is 2.08. The molecule has 0 radical (unpaired) electrons. The largest absolute Gasteiger partial charge is 0.308 e. The minimum atomic E-state index is 0.891. The van der Waals surface area contributed by atoms with Crippen LogP contribution in [0.25, 0.3) is 0 Å². The van der Waals surface area contributed by atoms with Crippen molar-refractivity contribution in [2.24, 2.45) is 0 Å². The average Bonchev–Trinajstić information content (AvgIpc) is 2.90. The van der Waals surface area contributed by atoms with Crippen LogP contribution in [0.4, 0.5) is 0 Å². The summed E-state index contributed by atoms with van der Waals surface area (Å²) >= 11 is 1.74. The van der Waals surface area contributed by atoms with Crippen molar-refractivity contribution in [1.29, 1.82) is 0 Å². The van der Waals surface area contributed by atoms with Crippen LogP contribution in [0.5, 0.6) is 0 Å². The van der Waals surface area contributed by atoms with Gasteiger partial charge in [-0.15, -0.1) is 0 Å². The molecule has 2 heterocycles. The lowest BCUT2D eigenvalue weighted by Gasteiger charge is -2.04. The molecule has 0 atom stereocenters. The Bertz CT molecular complexity index is 431. The maximum absolute atomic E-state index is 4.33. The average molecular weight is 235 g/mol. The Morgan fingerprint density at radius 1 is 1.44 bits per heavy atom. The molecular weight excluding hydrogens is 218 g/mol. The highest BCUT2D eigenvalue weighted by atomic mass is 32.1. The van der Waals surface area contributed by atoms with Crippen LogP contribution in [0.3, 0.4) is 0 Å². The molecular formula is C12H17N3S. The molecule has 0 amide bonds. The molecule has 0 spiro atoms. The van der Waals surface area contributed by atoms with Gasteiger partial charge >= 0.3 is 0 Å². The molecule has 0 aliphatic rings. The van der Waals surface area contributed by atoms with Crippen molar-refractivity contribution in [1.82, 2.24) is 15.1 Å². The molecule has 2 aromatic heterocycles. The quantitative estimate of drug-likeness (QED) is 0.863. The smallest absolute Gasteiger partial charge is 0.0537 e. The number of hydrogen-bond donors (Lipinski definition) is 1. The summed E-state index contributed by atoms with van der Waals surface area (Å²) in [6.45, 7) is 7.00. The molecule has 86 valence electrons. The fraction of sp³-hybridized carbons (Fsp3) is 0.417. The van der Waals surface area contributed by atoms with Crippen LogP contribution < -0.4 is 5.32 Å². The highest BCUT2D eigenvalue weighted by Gasteiger charge is 2.04. The van der Waals surface area contributed by atoms with E-state index in [0.717, 1.165) is 19.6 Å². The summed E-state index contributed by atoms with van der Waals surface area (Å²) in [6, 6.07) is 2.15. The zero-order valence-corrected chi connectivity index (χ0v) is 10.5. The molecule has 0 saturated carbocycles. The summed E-state index contributed by atoms with van der Waals surface area (Å²) in [6.07, 6.45) is 1.96. The lowest BCUT2D eigenvalue weighted by Crippen LogP contribution is -2.12. The highest BCUT2D eigenvalue weighted by molar-refractivity contribution is 7.07. The first-order chi connectivity index (χ1) is 7.81. The van der Waals surface area contributed by atoms with E-state index in [1.165, 1.54) is 16.8 Å². The number of rotatable bonds is 5. The molecule has 2 aromatic rings. The van der Waals surface area contributed by atoms with E-state index in [1.807, 2.05) is 10.9 Å². The van der Waals surface area contributed by atoms with Gasteiger partial charge in [0.05, 0.1) is 6.20 Å². The monoisotopic (exact) mass is 235 g/mol. The van der Waals surface area contributed by atoms with E-state index in [0.29, 0.717) is 0 Å². The topological polar surface area (TPSA) is 29.9 Å². The van der Waals surface area contributed by atoms with Gasteiger partial charge < -0.3 is 5.32 Å². The minimum Gasteiger partial charge on any atom is -0.308 e. The Hall–Kier alpha value is -1.13. The van der Waals surface area contributed by atoms with Gasteiger partial charge in [0, 0.05) is 30.9 Å². The summed E-state index contributed by atoms with van der Waals surface area (Å²) < 4.78 is 2.03. The molecule has 0 aliphatic carbocycles. The zero-order valence-electron chi connectivity index (χ0n) is 9.73. The number of aromatic nitrogens is 2. The molecule has 0 saturated heterocycles. The van der Waals surface area contributed by atoms with Crippen molar-refractivity contribution >= 4 is 11.3 Å². The van der Waals surface area contributed by atoms with Gasteiger partial charge in [-0.2, -0.15) is 16.4 Å². The normalized spacial score (nSPS) is 10.9. The second-order valence-corrected chi connectivity index (χ2v) is 4.59. The van der Waals surface area contributed by atoms with E-state index in [4.69, 9.17) is 0 Å². The molecule has 0 fully saturated rings. The van der Waals surface area contributed by atoms with Crippen molar-refractivity contribution in [2.75, 3.05) is 0 Å². The Labute approximate surface area is 100 Å². The molecule has 0 aromatic carbocycles. The lowest BCUT2D eigenvalue weighted by atomic mass is 10.2. The summed E-state index contributed by atoms with van der Waals surface area (Å²) in [5.74, 6) is 0. The van der Waals surface area contributed by atoms with Crippen LogP contribution in [0.15, 0.2) is 23.0 Å². The molecule has 0 aliphatic heterocycles. The summed E-state index contributed by atoms with van der Waals surface area (Å²) in [7, 11) is 0. The second kappa shape index (κ2) is 5.27. The SMILES string of the molecule is CCn1ncc(CNCc2ccsc2)c1C. The number of nitrogens with one attached hydrogen (secondary N) is 1. The van der Waals surface area contributed by atoms with Gasteiger partial charge in [-0.25, -0.2) is 0 Å². The molecule has 4 heteroatoms. The van der Waals surface area contributed by atoms with Crippen molar-refractivity contribution in [3.05, 3.63) is 39.8 Å². The van der Waals surface area contributed by atoms with Crippen LogP contribution >= 0.6 is 11.3 Å². The number of aryl methyl sites for hydroxylation is 1. The van der Waals surface area contributed by atoms with Gasteiger partial charge in [0.25, 0.3) is 0 Å².